The third kappa shape index (κ3) is 22.6. The SMILES string of the molecule is CCCC.O=C([O-])CP(=O)(O)O. The van der Waals surface area contributed by atoms with Gasteiger partial charge in [0.1, 0.15) is 0 Å². The first-order valence-electron chi connectivity index (χ1n) is 3.57. The van der Waals surface area contributed by atoms with Crippen LogP contribution in [0.15, 0.2) is 0 Å². The molecule has 0 saturated carbocycles. The van der Waals surface area contributed by atoms with E-state index in [1.807, 2.05) is 0 Å². The quantitative estimate of drug-likeness (QED) is 0.606. The lowest BCUT2D eigenvalue weighted by molar-refractivity contribution is -0.301. The van der Waals surface area contributed by atoms with Gasteiger partial charge in [0.15, 0.2) is 0 Å². The van der Waals surface area contributed by atoms with E-state index in [0.29, 0.717) is 0 Å². The predicted molar refractivity (Wildman–Crippen MR) is 42.5 cm³/mol. The fourth-order valence-electron chi connectivity index (χ4n) is 0.168. The van der Waals surface area contributed by atoms with Crippen LogP contribution >= 0.6 is 7.60 Å². The number of carboxylic acid groups (broad SMARTS) is 1. The molecule has 6 heteroatoms. The van der Waals surface area contributed by atoms with Crippen LogP contribution in [0.3, 0.4) is 0 Å². The zero-order chi connectivity index (χ0) is 10.2. The summed E-state index contributed by atoms with van der Waals surface area (Å²) in [6, 6.07) is 0. The van der Waals surface area contributed by atoms with Crippen molar-refractivity contribution in [3.05, 3.63) is 0 Å². The maximum Gasteiger partial charge on any atom is 0.331 e. The Morgan fingerprint density at radius 3 is 1.67 bits per heavy atom. The van der Waals surface area contributed by atoms with Crippen molar-refractivity contribution in [2.45, 2.75) is 26.7 Å². The van der Waals surface area contributed by atoms with E-state index in [0.717, 1.165) is 0 Å². The van der Waals surface area contributed by atoms with E-state index in [9.17, 15) is 14.5 Å². The molecule has 0 amide bonds. The standard InChI is InChI=1S/C4H10.C2H5O5P/c1-3-4-2;3-2(4)1-8(5,6)7/h3-4H2,1-2H3;1H2,(H,3,4)(H2,5,6,7)/p-1. The topological polar surface area (TPSA) is 97.7 Å². The molecule has 0 aliphatic heterocycles. The van der Waals surface area contributed by atoms with E-state index in [1.54, 1.807) is 0 Å². The molecule has 0 aliphatic carbocycles. The molecule has 2 N–H and O–H groups in total. The average Bonchev–Trinajstić information content (AvgIpc) is 1.83. The Morgan fingerprint density at radius 1 is 1.33 bits per heavy atom. The van der Waals surface area contributed by atoms with Gasteiger partial charge in [0.05, 0.1) is 12.1 Å². The number of rotatable bonds is 3. The summed E-state index contributed by atoms with van der Waals surface area (Å²) < 4.78 is 9.72. The van der Waals surface area contributed by atoms with Gasteiger partial charge in [-0.25, -0.2) is 0 Å². The summed E-state index contributed by atoms with van der Waals surface area (Å²) >= 11 is 0. The highest BCUT2D eigenvalue weighted by atomic mass is 31.2. The van der Waals surface area contributed by atoms with E-state index in [2.05, 4.69) is 13.8 Å². The zero-order valence-electron chi connectivity index (χ0n) is 7.19. The molecule has 0 saturated heterocycles. The maximum atomic E-state index is 9.72. The van der Waals surface area contributed by atoms with Crippen molar-refractivity contribution in [3.63, 3.8) is 0 Å². The van der Waals surface area contributed by atoms with E-state index >= 15 is 0 Å². The largest absolute Gasteiger partial charge is 0.549 e. The smallest absolute Gasteiger partial charge is 0.331 e. The van der Waals surface area contributed by atoms with Gasteiger partial charge in [0, 0.05) is 0 Å². The number of hydrogen-bond donors (Lipinski definition) is 2. The third-order valence-corrected chi connectivity index (χ3v) is 1.51. The number of carbonyl (C=O) groups is 1. The Morgan fingerprint density at radius 2 is 1.67 bits per heavy atom. The monoisotopic (exact) mass is 197 g/mol. The lowest BCUT2D eigenvalue weighted by atomic mass is 10.4. The number of carbonyl (C=O) groups excluding carboxylic acids is 1. The molecule has 0 rings (SSSR count). The van der Waals surface area contributed by atoms with Gasteiger partial charge in [0.2, 0.25) is 0 Å². The van der Waals surface area contributed by atoms with Gasteiger partial charge in [-0.1, -0.05) is 26.7 Å². The van der Waals surface area contributed by atoms with Gasteiger partial charge in [-0.2, -0.15) is 0 Å². The molecule has 0 aromatic carbocycles. The van der Waals surface area contributed by atoms with Crippen LogP contribution in [0.4, 0.5) is 0 Å². The molecule has 0 unspecified atom stereocenters. The van der Waals surface area contributed by atoms with E-state index in [-0.39, 0.29) is 0 Å². The van der Waals surface area contributed by atoms with Gasteiger partial charge in [0.25, 0.3) is 0 Å². The average molecular weight is 197 g/mol. The third-order valence-electron chi connectivity index (χ3n) is 0.835. The van der Waals surface area contributed by atoms with Crippen LogP contribution in [0.25, 0.3) is 0 Å². The molecular formula is C6H14O5P-. The normalized spacial score (nSPS) is 10.0. The van der Waals surface area contributed by atoms with Gasteiger partial charge in [-0.3, -0.25) is 4.57 Å². The number of carboxylic acids is 1. The molecule has 0 aromatic rings. The number of hydrogen-bond acceptors (Lipinski definition) is 3. The summed E-state index contributed by atoms with van der Waals surface area (Å²) in [5.41, 5.74) is 0. The molecule has 0 radical (unpaired) electrons. The fraction of sp³-hybridized carbons (Fsp3) is 0.833. The highest BCUT2D eigenvalue weighted by Crippen LogP contribution is 2.32. The fourth-order valence-corrected chi connectivity index (χ4v) is 0.505. The van der Waals surface area contributed by atoms with Crippen LogP contribution in [-0.4, -0.2) is 21.9 Å². The molecule has 0 aliphatic rings. The summed E-state index contributed by atoms with van der Waals surface area (Å²) in [5, 5.41) is 9.41. The second kappa shape index (κ2) is 7.28. The van der Waals surface area contributed by atoms with Crippen LogP contribution in [0.2, 0.25) is 0 Å². The van der Waals surface area contributed by atoms with Crippen LogP contribution in [0, 0.1) is 0 Å². The first-order chi connectivity index (χ1) is 5.33. The van der Waals surface area contributed by atoms with Crippen molar-refractivity contribution < 1.29 is 24.3 Å². The van der Waals surface area contributed by atoms with E-state index < -0.39 is 19.7 Å². The van der Waals surface area contributed by atoms with Crippen molar-refractivity contribution in [2.24, 2.45) is 0 Å². The Labute approximate surface area is 71.6 Å². The van der Waals surface area contributed by atoms with Crippen LogP contribution in [-0.2, 0) is 9.36 Å². The summed E-state index contributed by atoms with van der Waals surface area (Å²) in [6.45, 7) is 4.36. The van der Waals surface area contributed by atoms with Crippen molar-refractivity contribution in [3.8, 4) is 0 Å². The molecule has 0 atom stereocenters. The van der Waals surface area contributed by atoms with Crippen LogP contribution in [0.5, 0.6) is 0 Å². The Kier molecular flexibility index (Phi) is 8.59. The molecule has 0 heterocycles. The molecule has 0 aromatic heterocycles. The predicted octanol–water partition coefficient (Wildman–Crippen LogP) is -0.280. The maximum absolute atomic E-state index is 9.72. The van der Waals surface area contributed by atoms with E-state index in [4.69, 9.17) is 9.79 Å². The Hall–Kier alpha value is -0.380. The van der Waals surface area contributed by atoms with E-state index in [1.165, 1.54) is 12.8 Å². The highest BCUT2D eigenvalue weighted by Gasteiger charge is 2.11. The highest BCUT2D eigenvalue weighted by molar-refractivity contribution is 7.52. The van der Waals surface area contributed by atoms with Crippen molar-refractivity contribution in [1.82, 2.24) is 0 Å². The van der Waals surface area contributed by atoms with Gasteiger partial charge in [-0.15, -0.1) is 0 Å². The lowest BCUT2D eigenvalue weighted by Crippen LogP contribution is -2.25. The summed E-state index contributed by atoms with van der Waals surface area (Å²) in [6.07, 6.45) is 1.44. The second-order valence-electron chi connectivity index (χ2n) is 2.19. The van der Waals surface area contributed by atoms with Crippen molar-refractivity contribution in [2.75, 3.05) is 6.16 Å². The summed E-state index contributed by atoms with van der Waals surface area (Å²) in [7, 11) is -4.38. The molecule has 0 fully saturated rings. The summed E-state index contributed by atoms with van der Waals surface area (Å²) in [5.74, 6) is -1.74. The molecule has 0 spiro atoms. The minimum Gasteiger partial charge on any atom is -0.549 e. The zero-order valence-corrected chi connectivity index (χ0v) is 8.08. The Balaban J connectivity index is 0. The number of aliphatic carboxylic acids is 1. The Bertz CT molecular complexity index is 159. The lowest BCUT2D eigenvalue weighted by Gasteiger charge is -2.01. The summed E-state index contributed by atoms with van der Waals surface area (Å²) in [4.78, 5) is 25.2. The van der Waals surface area contributed by atoms with Gasteiger partial charge in [-0.05, 0) is 0 Å². The molecule has 5 nitrogen and oxygen atoms in total. The van der Waals surface area contributed by atoms with Crippen molar-refractivity contribution in [1.29, 1.82) is 0 Å². The first-order valence-corrected chi connectivity index (χ1v) is 5.37. The van der Waals surface area contributed by atoms with Crippen molar-refractivity contribution >= 4 is 13.6 Å². The minimum absolute atomic E-state index is 1.20. The van der Waals surface area contributed by atoms with Gasteiger partial charge >= 0.3 is 7.60 Å². The molecular weight excluding hydrogens is 183 g/mol. The van der Waals surface area contributed by atoms with Crippen LogP contribution < -0.4 is 5.11 Å². The van der Waals surface area contributed by atoms with Crippen LogP contribution in [0.1, 0.15) is 26.7 Å². The minimum atomic E-state index is -4.38. The molecule has 74 valence electrons. The number of unbranched alkanes of at least 4 members (excludes halogenated alkanes) is 1. The molecule has 0 bridgehead atoms. The first kappa shape index (κ1) is 14.2. The second-order valence-corrected chi connectivity index (χ2v) is 3.84. The molecule has 12 heavy (non-hydrogen) atoms. The van der Waals surface area contributed by atoms with Gasteiger partial charge < -0.3 is 19.7 Å².